The normalized spacial score (nSPS) is 13.5. The highest BCUT2D eigenvalue weighted by molar-refractivity contribution is 4.97. The zero-order valence-electron chi connectivity index (χ0n) is 7.20. The molecule has 0 spiro atoms. The third-order valence-corrected chi connectivity index (χ3v) is 1.90. The molecular weight excluding hydrogens is 140 g/mol. The third-order valence-electron chi connectivity index (χ3n) is 1.90. The van der Waals surface area contributed by atoms with Crippen LogP contribution in [0.15, 0.2) is 0 Å². The molecular formula is C7H14N4. The van der Waals surface area contributed by atoms with E-state index >= 15 is 0 Å². The molecule has 4 heteroatoms. The van der Waals surface area contributed by atoms with Crippen molar-refractivity contribution in [2.75, 3.05) is 0 Å². The molecule has 0 amide bonds. The number of hydrogen-bond acceptors (Lipinski definition) is 3. The zero-order chi connectivity index (χ0) is 8.43. The Kier molecular flexibility index (Phi) is 2.24. The van der Waals surface area contributed by atoms with Crippen LogP contribution in [0.4, 0.5) is 0 Å². The van der Waals surface area contributed by atoms with Crippen molar-refractivity contribution in [2.45, 2.75) is 26.3 Å². The summed E-state index contributed by atoms with van der Waals surface area (Å²) >= 11 is 0. The Morgan fingerprint density at radius 1 is 1.55 bits per heavy atom. The molecule has 1 rings (SSSR count). The average Bonchev–Trinajstić information content (AvgIpc) is 2.32. The Balaban J connectivity index is 2.94. The summed E-state index contributed by atoms with van der Waals surface area (Å²) in [4.78, 5) is 0. The van der Waals surface area contributed by atoms with Crippen LogP contribution >= 0.6 is 0 Å². The van der Waals surface area contributed by atoms with Crippen molar-refractivity contribution < 1.29 is 0 Å². The van der Waals surface area contributed by atoms with Crippen LogP contribution in [-0.2, 0) is 7.05 Å². The lowest BCUT2D eigenvalue weighted by Gasteiger charge is -2.06. The molecule has 4 nitrogen and oxygen atoms in total. The minimum absolute atomic E-state index is 0.0150. The monoisotopic (exact) mass is 154 g/mol. The predicted molar refractivity (Wildman–Crippen MR) is 43.0 cm³/mol. The number of aromatic nitrogens is 3. The lowest BCUT2D eigenvalue weighted by molar-refractivity contribution is 0.611. The van der Waals surface area contributed by atoms with Gasteiger partial charge in [-0.05, 0) is 13.3 Å². The van der Waals surface area contributed by atoms with E-state index in [1.807, 2.05) is 25.5 Å². The summed E-state index contributed by atoms with van der Waals surface area (Å²) < 4.78 is 1.92. The van der Waals surface area contributed by atoms with Gasteiger partial charge in [0.25, 0.3) is 0 Å². The number of nitrogens with zero attached hydrogens (tertiary/aromatic N) is 3. The maximum atomic E-state index is 5.79. The zero-order valence-corrected chi connectivity index (χ0v) is 7.20. The van der Waals surface area contributed by atoms with E-state index in [1.165, 1.54) is 0 Å². The summed E-state index contributed by atoms with van der Waals surface area (Å²) in [6.07, 6.45) is 0.895. The van der Waals surface area contributed by atoms with Gasteiger partial charge in [0.05, 0.1) is 6.04 Å². The molecule has 1 heterocycles. The summed E-state index contributed by atoms with van der Waals surface area (Å²) in [5, 5.41) is 7.89. The predicted octanol–water partition coefficient (Wildman–Crippen LogP) is 0.533. The topological polar surface area (TPSA) is 56.7 Å². The van der Waals surface area contributed by atoms with Gasteiger partial charge < -0.3 is 10.3 Å². The van der Waals surface area contributed by atoms with E-state index in [0.29, 0.717) is 0 Å². The molecule has 0 saturated heterocycles. The van der Waals surface area contributed by atoms with Crippen LogP contribution < -0.4 is 5.73 Å². The van der Waals surface area contributed by atoms with Gasteiger partial charge in [0.2, 0.25) is 0 Å². The van der Waals surface area contributed by atoms with Crippen LogP contribution in [0.5, 0.6) is 0 Å². The van der Waals surface area contributed by atoms with Crippen LogP contribution in [0.3, 0.4) is 0 Å². The maximum Gasteiger partial charge on any atom is 0.149 e. The summed E-state index contributed by atoms with van der Waals surface area (Å²) in [5.74, 6) is 1.77. The third kappa shape index (κ3) is 1.40. The lowest BCUT2D eigenvalue weighted by Crippen LogP contribution is -2.14. The fourth-order valence-electron chi connectivity index (χ4n) is 0.929. The average molecular weight is 154 g/mol. The van der Waals surface area contributed by atoms with Crippen LogP contribution in [0.1, 0.15) is 31.0 Å². The molecule has 0 fully saturated rings. The van der Waals surface area contributed by atoms with Crippen molar-refractivity contribution in [3.05, 3.63) is 11.6 Å². The molecule has 0 aliphatic rings. The van der Waals surface area contributed by atoms with Gasteiger partial charge in [-0.25, -0.2) is 0 Å². The van der Waals surface area contributed by atoms with Gasteiger partial charge in [0, 0.05) is 7.05 Å². The van der Waals surface area contributed by atoms with Gasteiger partial charge >= 0.3 is 0 Å². The van der Waals surface area contributed by atoms with Crippen LogP contribution in [0.25, 0.3) is 0 Å². The first-order chi connectivity index (χ1) is 5.16. The van der Waals surface area contributed by atoms with E-state index in [0.717, 1.165) is 18.1 Å². The number of aryl methyl sites for hydroxylation is 1. The van der Waals surface area contributed by atoms with Gasteiger partial charge in [-0.15, -0.1) is 10.2 Å². The highest BCUT2D eigenvalue weighted by atomic mass is 15.3. The van der Waals surface area contributed by atoms with Gasteiger partial charge in [0.1, 0.15) is 11.6 Å². The van der Waals surface area contributed by atoms with Gasteiger partial charge in [-0.1, -0.05) is 6.92 Å². The standard InChI is InChI=1S/C7H14N4/c1-4-6(8)7-10-9-5(2)11(7)3/h6H,4,8H2,1-3H3. The summed E-state index contributed by atoms with van der Waals surface area (Å²) in [5.41, 5.74) is 5.79. The first kappa shape index (κ1) is 8.20. The Hall–Kier alpha value is -0.900. The molecule has 1 aromatic heterocycles. The SMILES string of the molecule is CCC(N)c1nnc(C)n1C. The number of hydrogen-bond donors (Lipinski definition) is 1. The molecule has 0 radical (unpaired) electrons. The van der Waals surface area contributed by atoms with Gasteiger partial charge in [-0.2, -0.15) is 0 Å². The van der Waals surface area contributed by atoms with Crippen LogP contribution in [0, 0.1) is 6.92 Å². The van der Waals surface area contributed by atoms with E-state index in [4.69, 9.17) is 5.73 Å². The molecule has 1 atom stereocenters. The second-order valence-corrected chi connectivity index (χ2v) is 2.68. The minimum Gasteiger partial charge on any atom is -0.321 e. The molecule has 11 heavy (non-hydrogen) atoms. The highest BCUT2D eigenvalue weighted by Crippen LogP contribution is 2.09. The van der Waals surface area contributed by atoms with E-state index < -0.39 is 0 Å². The molecule has 0 aliphatic heterocycles. The summed E-state index contributed by atoms with van der Waals surface area (Å²) in [6.45, 7) is 3.95. The molecule has 2 N–H and O–H groups in total. The molecule has 0 bridgehead atoms. The second kappa shape index (κ2) is 3.00. The van der Waals surface area contributed by atoms with Crippen LogP contribution in [0.2, 0.25) is 0 Å². The number of rotatable bonds is 2. The van der Waals surface area contributed by atoms with E-state index in [9.17, 15) is 0 Å². The van der Waals surface area contributed by atoms with E-state index in [2.05, 4.69) is 10.2 Å². The smallest absolute Gasteiger partial charge is 0.149 e. The molecule has 1 aromatic rings. The van der Waals surface area contributed by atoms with E-state index in [-0.39, 0.29) is 6.04 Å². The van der Waals surface area contributed by atoms with Crippen molar-refractivity contribution in [2.24, 2.45) is 12.8 Å². The highest BCUT2D eigenvalue weighted by Gasteiger charge is 2.10. The summed E-state index contributed by atoms with van der Waals surface area (Å²) in [7, 11) is 1.93. The fourth-order valence-corrected chi connectivity index (χ4v) is 0.929. The fraction of sp³-hybridized carbons (Fsp3) is 0.714. The molecule has 0 aromatic carbocycles. The lowest BCUT2D eigenvalue weighted by atomic mass is 10.2. The Bertz CT molecular complexity index is 241. The molecule has 1 unspecified atom stereocenters. The van der Waals surface area contributed by atoms with Crippen molar-refractivity contribution in [3.8, 4) is 0 Å². The Morgan fingerprint density at radius 3 is 2.55 bits per heavy atom. The second-order valence-electron chi connectivity index (χ2n) is 2.68. The van der Waals surface area contributed by atoms with Crippen molar-refractivity contribution >= 4 is 0 Å². The van der Waals surface area contributed by atoms with E-state index in [1.54, 1.807) is 0 Å². The van der Waals surface area contributed by atoms with Crippen LogP contribution in [-0.4, -0.2) is 14.8 Å². The quantitative estimate of drug-likeness (QED) is 0.676. The summed E-state index contributed by atoms with van der Waals surface area (Å²) in [6, 6.07) is 0.0150. The van der Waals surface area contributed by atoms with Crippen molar-refractivity contribution in [1.82, 2.24) is 14.8 Å². The Labute approximate surface area is 66.4 Å². The first-order valence-electron chi connectivity index (χ1n) is 3.78. The van der Waals surface area contributed by atoms with Gasteiger partial charge in [0.15, 0.2) is 0 Å². The molecule has 0 aliphatic carbocycles. The minimum atomic E-state index is 0.0150. The van der Waals surface area contributed by atoms with Crippen molar-refractivity contribution in [1.29, 1.82) is 0 Å². The van der Waals surface area contributed by atoms with Gasteiger partial charge in [-0.3, -0.25) is 0 Å². The molecule has 62 valence electrons. The number of nitrogens with two attached hydrogens (primary N) is 1. The maximum absolute atomic E-state index is 5.79. The first-order valence-corrected chi connectivity index (χ1v) is 3.78. The van der Waals surface area contributed by atoms with Crippen molar-refractivity contribution in [3.63, 3.8) is 0 Å². The Morgan fingerprint density at radius 2 is 2.18 bits per heavy atom. The molecule has 0 saturated carbocycles. The largest absolute Gasteiger partial charge is 0.321 e.